The van der Waals surface area contributed by atoms with E-state index >= 15 is 0 Å². The third-order valence-electron chi connectivity index (χ3n) is 4.91. The van der Waals surface area contributed by atoms with Gasteiger partial charge in [0.2, 0.25) is 5.91 Å². The van der Waals surface area contributed by atoms with Crippen LogP contribution in [0.2, 0.25) is 0 Å². The van der Waals surface area contributed by atoms with Crippen molar-refractivity contribution in [3.8, 4) is 11.5 Å². The van der Waals surface area contributed by atoms with E-state index in [1.807, 2.05) is 11.0 Å². The van der Waals surface area contributed by atoms with Crippen molar-refractivity contribution in [1.82, 2.24) is 15.2 Å². The molecule has 2 saturated heterocycles. The number of nitrogens with one attached hydrogen (secondary N) is 1. The van der Waals surface area contributed by atoms with E-state index in [0.717, 1.165) is 43.9 Å². The molecule has 118 valence electrons. The highest BCUT2D eigenvalue weighted by molar-refractivity contribution is 5.79. The number of rotatable bonds is 2. The predicted molar refractivity (Wildman–Crippen MR) is 79.8 cm³/mol. The average molecular weight is 303 g/mol. The van der Waals surface area contributed by atoms with Crippen molar-refractivity contribution in [2.24, 2.45) is 5.41 Å². The van der Waals surface area contributed by atoms with Crippen molar-refractivity contribution >= 4 is 5.91 Å². The number of amides is 1. The summed E-state index contributed by atoms with van der Waals surface area (Å²) in [7, 11) is 0. The van der Waals surface area contributed by atoms with Crippen LogP contribution in [-0.4, -0.2) is 48.6 Å². The van der Waals surface area contributed by atoms with Gasteiger partial charge >= 0.3 is 0 Å². The molecule has 0 unspecified atom stereocenters. The molecule has 4 rings (SSSR count). The normalized spacial score (nSPS) is 23.1. The number of hydrogen-bond acceptors (Lipinski definition) is 5. The van der Waals surface area contributed by atoms with Crippen LogP contribution in [0, 0.1) is 5.41 Å². The molecule has 0 atom stereocenters. The monoisotopic (exact) mass is 303 g/mol. The van der Waals surface area contributed by atoms with Crippen LogP contribution in [-0.2, 0) is 11.3 Å². The molecule has 0 aromatic carbocycles. The maximum Gasteiger partial charge on any atom is 0.223 e. The zero-order chi connectivity index (χ0) is 15.0. The van der Waals surface area contributed by atoms with E-state index < -0.39 is 0 Å². The Morgan fingerprint density at radius 1 is 1.23 bits per heavy atom. The predicted octanol–water partition coefficient (Wildman–Crippen LogP) is 0.955. The van der Waals surface area contributed by atoms with Gasteiger partial charge in [-0.15, -0.1) is 0 Å². The van der Waals surface area contributed by atoms with Crippen LogP contribution in [0.1, 0.15) is 25.0 Å². The zero-order valence-electron chi connectivity index (χ0n) is 12.6. The van der Waals surface area contributed by atoms with Gasteiger partial charge in [-0.2, -0.15) is 0 Å². The summed E-state index contributed by atoms with van der Waals surface area (Å²) in [6.07, 6.45) is 4.55. The maximum atomic E-state index is 12.4. The van der Waals surface area contributed by atoms with Crippen LogP contribution in [0.25, 0.3) is 0 Å². The molecular weight excluding hydrogens is 282 g/mol. The molecule has 1 N–H and O–H groups in total. The molecule has 0 radical (unpaired) electrons. The molecule has 22 heavy (non-hydrogen) atoms. The fourth-order valence-corrected chi connectivity index (χ4v) is 3.69. The Balaban J connectivity index is 1.48. The second kappa shape index (κ2) is 5.43. The van der Waals surface area contributed by atoms with Gasteiger partial charge in [-0.05, 0) is 31.3 Å². The molecule has 0 saturated carbocycles. The van der Waals surface area contributed by atoms with Gasteiger partial charge in [0.25, 0.3) is 0 Å². The molecule has 4 heterocycles. The van der Waals surface area contributed by atoms with E-state index in [-0.39, 0.29) is 11.3 Å². The van der Waals surface area contributed by atoms with Crippen LogP contribution < -0.4 is 14.8 Å². The van der Waals surface area contributed by atoms with Gasteiger partial charge in [-0.25, -0.2) is 0 Å². The Hall–Kier alpha value is -1.82. The van der Waals surface area contributed by atoms with Crippen LogP contribution in [0.5, 0.6) is 11.5 Å². The average Bonchev–Trinajstić information content (AvgIpc) is 2.83. The molecule has 1 amide bonds. The summed E-state index contributed by atoms with van der Waals surface area (Å²) < 4.78 is 11.1. The van der Waals surface area contributed by atoms with Crippen LogP contribution in [0.4, 0.5) is 0 Å². The minimum atomic E-state index is 0.177. The number of piperidine rings is 1. The summed E-state index contributed by atoms with van der Waals surface area (Å²) in [5, 5.41) is 3.38. The number of hydrogen-bond donors (Lipinski definition) is 1. The van der Waals surface area contributed by atoms with E-state index in [2.05, 4.69) is 10.3 Å². The van der Waals surface area contributed by atoms with Gasteiger partial charge in [-0.3, -0.25) is 9.78 Å². The summed E-state index contributed by atoms with van der Waals surface area (Å²) in [6.45, 7) is 4.57. The molecule has 6 heteroatoms. The molecule has 2 fully saturated rings. The molecule has 1 aromatic rings. The van der Waals surface area contributed by atoms with E-state index in [4.69, 9.17) is 9.47 Å². The lowest BCUT2D eigenvalue weighted by Gasteiger charge is -2.33. The van der Waals surface area contributed by atoms with E-state index in [9.17, 15) is 4.79 Å². The highest BCUT2D eigenvalue weighted by Crippen LogP contribution is 2.40. The number of pyridine rings is 1. The third-order valence-corrected chi connectivity index (χ3v) is 4.91. The van der Waals surface area contributed by atoms with Crippen molar-refractivity contribution < 1.29 is 14.3 Å². The molecule has 3 aliphatic rings. The summed E-state index contributed by atoms with van der Waals surface area (Å²) in [6, 6.07) is 1.90. The van der Waals surface area contributed by atoms with Crippen molar-refractivity contribution in [3.05, 3.63) is 18.0 Å². The number of ether oxygens (including phenoxy) is 2. The number of likely N-dealkylation sites (tertiary alicyclic amines) is 1. The number of fused-ring (bicyclic) bond motifs is 1. The van der Waals surface area contributed by atoms with Crippen LogP contribution in [0.15, 0.2) is 12.3 Å². The number of aromatic nitrogens is 1. The molecule has 0 aliphatic carbocycles. The first-order chi connectivity index (χ1) is 10.7. The van der Waals surface area contributed by atoms with Crippen molar-refractivity contribution in [2.45, 2.75) is 25.8 Å². The Bertz CT molecular complexity index is 584. The van der Waals surface area contributed by atoms with Crippen LogP contribution in [0.3, 0.4) is 0 Å². The van der Waals surface area contributed by atoms with Gasteiger partial charge in [0.05, 0.1) is 18.4 Å². The lowest BCUT2D eigenvalue weighted by molar-refractivity contribution is -0.128. The van der Waals surface area contributed by atoms with Crippen molar-refractivity contribution in [2.75, 3.05) is 32.8 Å². The fourth-order valence-electron chi connectivity index (χ4n) is 3.69. The van der Waals surface area contributed by atoms with Gasteiger partial charge < -0.3 is 19.7 Å². The molecule has 1 spiro atoms. The van der Waals surface area contributed by atoms with Crippen molar-refractivity contribution in [1.29, 1.82) is 0 Å². The molecular formula is C16H21N3O3. The van der Waals surface area contributed by atoms with Gasteiger partial charge in [0, 0.05) is 19.0 Å². The standard InChI is InChI=1S/C16H21N3O3/c20-15-8-16(1-3-17-4-2-16)11-19(15)10-12-7-13-14(9-18-12)22-6-5-21-13/h7,9,17H,1-6,8,10-11H2. The molecule has 3 aliphatic heterocycles. The summed E-state index contributed by atoms with van der Waals surface area (Å²) in [4.78, 5) is 18.7. The van der Waals surface area contributed by atoms with E-state index in [1.165, 1.54) is 0 Å². The van der Waals surface area contributed by atoms with Crippen molar-refractivity contribution in [3.63, 3.8) is 0 Å². The van der Waals surface area contributed by atoms with Gasteiger partial charge in [-0.1, -0.05) is 0 Å². The summed E-state index contributed by atoms with van der Waals surface area (Å²) in [5.74, 6) is 1.68. The lowest BCUT2D eigenvalue weighted by atomic mass is 9.78. The Labute approximate surface area is 129 Å². The topological polar surface area (TPSA) is 63.7 Å². The first-order valence-corrected chi connectivity index (χ1v) is 7.97. The minimum Gasteiger partial charge on any atom is -0.486 e. The molecule has 1 aromatic heterocycles. The smallest absolute Gasteiger partial charge is 0.223 e. The highest BCUT2D eigenvalue weighted by Gasteiger charge is 2.43. The zero-order valence-corrected chi connectivity index (χ0v) is 12.6. The second-order valence-electron chi connectivity index (χ2n) is 6.50. The Kier molecular flexibility index (Phi) is 3.41. The summed E-state index contributed by atoms with van der Waals surface area (Å²) in [5.41, 5.74) is 1.04. The number of nitrogens with zero attached hydrogens (tertiary/aromatic N) is 2. The van der Waals surface area contributed by atoms with E-state index in [0.29, 0.717) is 31.9 Å². The van der Waals surface area contributed by atoms with Gasteiger partial charge in [0.15, 0.2) is 11.5 Å². The van der Waals surface area contributed by atoms with Gasteiger partial charge in [0.1, 0.15) is 13.2 Å². The lowest BCUT2D eigenvalue weighted by Crippen LogP contribution is -2.38. The molecule has 0 bridgehead atoms. The third kappa shape index (κ3) is 2.52. The Morgan fingerprint density at radius 2 is 2.00 bits per heavy atom. The SMILES string of the molecule is O=C1CC2(CCNCC2)CN1Cc1cc2c(cn1)OCCO2. The fraction of sp³-hybridized carbons (Fsp3) is 0.625. The minimum absolute atomic E-state index is 0.177. The quantitative estimate of drug-likeness (QED) is 0.881. The Morgan fingerprint density at radius 3 is 2.82 bits per heavy atom. The summed E-state index contributed by atoms with van der Waals surface area (Å²) >= 11 is 0. The number of carbonyl (C=O) groups excluding carboxylic acids is 1. The van der Waals surface area contributed by atoms with Crippen LogP contribution >= 0.6 is 0 Å². The highest BCUT2D eigenvalue weighted by atomic mass is 16.6. The largest absolute Gasteiger partial charge is 0.486 e. The second-order valence-corrected chi connectivity index (χ2v) is 6.50. The first-order valence-electron chi connectivity index (χ1n) is 7.97. The number of carbonyl (C=O) groups is 1. The molecule has 6 nitrogen and oxygen atoms in total. The maximum absolute atomic E-state index is 12.4. The van der Waals surface area contributed by atoms with E-state index in [1.54, 1.807) is 6.20 Å². The first kappa shape index (κ1) is 13.8.